The second-order valence-corrected chi connectivity index (χ2v) is 5.24. The molecule has 0 saturated carbocycles. The summed E-state index contributed by atoms with van der Waals surface area (Å²) in [5.41, 5.74) is 6.88. The van der Waals surface area contributed by atoms with Crippen LogP contribution in [-0.2, 0) is 0 Å². The second-order valence-electron chi connectivity index (χ2n) is 4.50. The molecule has 0 aromatic rings. The monoisotopic (exact) mass is 281 g/mol. The fourth-order valence-electron chi connectivity index (χ4n) is 1.61. The SMILES string of the molecule is C=C(O)CCC(CN)C(/C=C\CC(C)Cl)=C/C#CC. The van der Waals surface area contributed by atoms with Gasteiger partial charge in [-0.2, -0.15) is 0 Å². The Balaban J connectivity index is 4.82. The maximum absolute atomic E-state index is 9.19. The highest BCUT2D eigenvalue weighted by atomic mass is 35.5. The summed E-state index contributed by atoms with van der Waals surface area (Å²) in [6.45, 7) is 7.77. The van der Waals surface area contributed by atoms with Gasteiger partial charge in [-0.05, 0) is 50.8 Å². The van der Waals surface area contributed by atoms with Crippen molar-refractivity contribution in [2.45, 2.75) is 38.5 Å². The Morgan fingerprint density at radius 3 is 2.68 bits per heavy atom. The van der Waals surface area contributed by atoms with Crippen molar-refractivity contribution >= 4 is 11.6 Å². The van der Waals surface area contributed by atoms with E-state index in [4.69, 9.17) is 17.3 Å². The lowest BCUT2D eigenvalue weighted by molar-refractivity contribution is 0.375. The molecule has 0 amide bonds. The van der Waals surface area contributed by atoms with Gasteiger partial charge in [-0.3, -0.25) is 0 Å². The molecular weight excluding hydrogens is 258 g/mol. The number of allylic oxidation sites excluding steroid dienone is 4. The van der Waals surface area contributed by atoms with Crippen LogP contribution in [0.15, 0.2) is 36.1 Å². The summed E-state index contributed by atoms with van der Waals surface area (Å²) >= 11 is 5.91. The van der Waals surface area contributed by atoms with Gasteiger partial charge < -0.3 is 10.8 Å². The van der Waals surface area contributed by atoms with Crippen molar-refractivity contribution in [3.8, 4) is 11.8 Å². The molecule has 0 aromatic carbocycles. The summed E-state index contributed by atoms with van der Waals surface area (Å²) < 4.78 is 0. The molecule has 0 rings (SSSR count). The average molecular weight is 282 g/mol. The number of hydrogen-bond acceptors (Lipinski definition) is 2. The Labute approximate surface area is 122 Å². The first kappa shape index (κ1) is 17.8. The molecule has 2 nitrogen and oxygen atoms in total. The number of aliphatic hydroxyl groups excluding tert-OH is 1. The van der Waals surface area contributed by atoms with Gasteiger partial charge >= 0.3 is 0 Å². The molecule has 0 heterocycles. The van der Waals surface area contributed by atoms with Crippen molar-refractivity contribution in [1.82, 2.24) is 0 Å². The Morgan fingerprint density at radius 1 is 1.53 bits per heavy atom. The van der Waals surface area contributed by atoms with E-state index in [1.165, 1.54) is 0 Å². The van der Waals surface area contributed by atoms with Crippen molar-refractivity contribution in [3.63, 3.8) is 0 Å². The molecule has 106 valence electrons. The van der Waals surface area contributed by atoms with Crippen LogP contribution in [0, 0.1) is 17.8 Å². The molecule has 0 radical (unpaired) electrons. The van der Waals surface area contributed by atoms with Crippen molar-refractivity contribution in [3.05, 3.63) is 36.1 Å². The second kappa shape index (κ2) is 10.7. The van der Waals surface area contributed by atoms with Gasteiger partial charge in [0.05, 0.1) is 5.76 Å². The van der Waals surface area contributed by atoms with Crippen LogP contribution in [0.2, 0.25) is 0 Å². The van der Waals surface area contributed by atoms with E-state index >= 15 is 0 Å². The predicted octanol–water partition coefficient (Wildman–Crippen LogP) is 3.94. The van der Waals surface area contributed by atoms with Gasteiger partial charge in [0.1, 0.15) is 0 Å². The highest BCUT2D eigenvalue weighted by molar-refractivity contribution is 6.20. The fourth-order valence-corrected chi connectivity index (χ4v) is 1.71. The zero-order valence-electron chi connectivity index (χ0n) is 11.8. The standard InChI is InChI=1S/C16H24ClNO/c1-4-5-8-15(9-6-7-13(2)17)16(12-18)11-10-14(3)19/h6,8-9,13,16,19H,3,7,10-12,18H2,1-2H3/b9-6-,15-8+. The van der Waals surface area contributed by atoms with E-state index in [1.807, 2.05) is 25.2 Å². The Kier molecular flexibility index (Phi) is 10.1. The first-order valence-corrected chi connectivity index (χ1v) is 6.94. The van der Waals surface area contributed by atoms with E-state index in [1.54, 1.807) is 6.92 Å². The van der Waals surface area contributed by atoms with Gasteiger partial charge in [-0.1, -0.05) is 24.7 Å². The number of rotatable bonds is 8. The molecule has 2 atom stereocenters. The molecule has 0 aliphatic heterocycles. The molecular formula is C16H24ClNO. The summed E-state index contributed by atoms with van der Waals surface area (Å²) in [5.74, 6) is 6.16. The minimum atomic E-state index is 0.114. The molecule has 19 heavy (non-hydrogen) atoms. The fraction of sp³-hybridized carbons (Fsp3) is 0.500. The van der Waals surface area contributed by atoms with Gasteiger partial charge in [0, 0.05) is 11.8 Å². The molecule has 0 saturated heterocycles. The van der Waals surface area contributed by atoms with E-state index in [9.17, 15) is 5.11 Å². The van der Waals surface area contributed by atoms with Gasteiger partial charge in [0.15, 0.2) is 0 Å². The number of nitrogens with two attached hydrogens (primary N) is 1. The quantitative estimate of drug-likeness (QED) is 0.306. The number of hydrogen-bond donors (Lipinski definition) is 2. The van der Waals surface area contributed by atoms with E-state index in [2.05, 4.69) is 18.4 Å². The van der Waals surface area contributed by atoms with Crippen molar-refractivity contribution in [2.75, 3.05) is 6.54 Å². The van der Waals surface area contributed by atoms with Gasteiger partial charge in [0.25, 0.3) is 0 Å². The van der Waals surface area contributed by atoms with E-state index < -0.39 is 0 Å². The topological polar surface area (TPSA) is 46.2 Å². The van der Waals surface area contributed by atoms with Crippen LogP contribution in [0.25, 0.3) is 0 Å². The lowest BCUT2D eigenvalue weighted by Crippen LogP contribution is -2.16. The minimum absolute atomic E-state index is 0.114. The molecule has 0 aromatic heterocycles. The van der Waals surface area contributed by atoms with Crippen LogP contribution < -0.4 is 5.73 Å². The third kappa shape index (κ3) is 9.41. The summed E-state index contributed by atoms with van der Waals surface area (Å²) in [7, 11) is 0. The number of halogens is 1. The number of alkyl halides is 1. The summed E-state index contributed by atoms with van der Waals surface area (Å²) in [4.78, 5) is 0. The van der Waals surface area contributed by atoms with Crippen molar-refractivity contribution in [2.24, 2.45) is 11.7 Å². The molecule has 0 aliphatic carbocycles. The largest absolute Gasteiger partial charge is 0.513 e. The van der Waals surface area contributed by atoms with E-state index in [0.29, 0.717) is 13.0 Å². The average Bonchev–Trinajstić information content (AvgIpc) is 2.34. The van der Waals surface area contributed by atoms with Crippen LogP contribution in [0.4, 0.5) is 0 Å². The molecule has 3 heteroatoms. The van der Waals surface area contributed by atoms with Crippen molar-refractivity contribution < 1.29 is 5.11 Å². The van der Waals surface area contributed by atoms with Gasteiger partial charge in [-0.25, -0.2) is 0 Å². The lowest BCUT2D eigenvalue weighted by Gasteiger charge is -2.15. The Bertz CT molecular complexity index is 385. The number of aliphatic hydroxyl groups is 1. The molecule has 0 spiro atoms. The molecule has 0 aliphatic rings. The zero-order chi connectivity index (χ0) is 14.7. The highest BCUT2D eigenvalue weighted by Crippen LogP contribution is 2.19. The van der Waals surface area contributed by atoms with Crippen LogP contribution in [0.1, 0.15) is 33.1 Å². The van der Waals surface area contributed by atoms with Gasteiger partial charge in [-0.15, -0.1) is 17.5 Å². The van der Waals surface area contributed by atoms with Crippen LogP contribution in [0.3, 0.4) is 0 Å². The van der Waals surface area contributed by atoms with Crippen LogP contribution in [0.5, 0.6) is 0 Å². The smallest absolute Gasteiger partial charge is 0.0851 e. The van der Waals surface area contributed by atoms with Gasteiger partial charge in [0.2, 0.25) is 0 Å². The first-order valence-electron chi connectivity index (χ1n) is 6.51. The zero-order valence-corrected chi connectivity index (χ0v) is 12.6. The lowest BCUT2D eigenvalue weighted by atomic mass is 9.92. The Morgan fingerprint density at radius 2 is 2.21 bits per heavy atom. The summed E-state index contributed by atoms with van der Waals surface area (Å²) in [5, 5.41) is 9.30. The minimum Gasteiger partial charge on any atom is -0.513 e. The normalized spacial score (nSPS) is 14.8. The third-order valence-corrected chi connectivity index (χ3v) is 2.87. The van der Waals surface area contributed by atoms with Crippen LogP contribution in [-0.4, -0.2) is 17.0 Å². The molecule has 3 N–H and O–H groups in total. The Hall–Kier alpha value is -1.17. The molecule has 0 bridgehead atoms. The molecule has 0 fully saturated rings. The van der Waals surface area contributed by atoms with E-state index in [0.717, 1.165) is 18.4 Å². The van der Waals surface area contributed by atoms with Crippen LogP contribution >= 0.6 is 11.6 Å². The maximum atomic E-state index is 9.19. The predicted molar refractivity (Wildman–Crippen MR) is 84.2 cm³/mol. The summed E-state index contributed by atoms with van der Waals surface area (Å²) in [6, 6.07) is 0. The maximum Gasteiger partial charge on any atom is 0.0851 e. The van der Waals surface area contributed by atoms with Crippen molar-refractivity contribution in [1.29, 1.82) is 0 Å². The third-order valence-electron chi connectivity index (χ3n) is 2.69. The highest BCUT2D eigenvalue weighted by Gasteiger charge is 2.10. The summed E-state index contributed by atoms with van der Waals surface area (Å²) in [6.07, 6.45) is 8.08. The first-order chi connectivity index (χ1) is 9.01. The molecule has 2 unspecified atom stereocenters. The van der Waals surface area contributed by atoms with E-state index in [-0.39, 0.29) is 17.1 Å².